The van der Waals surface area contributed by atoms with Crippen molar-refractivity contribution in [1.82, 2.24) is 5.16 Å². The van der Waals surface area contributed by atoms with Crippen molar-refractivity contribution in [2.75, 3.05) is 0 Å². The van der Waals surface area contributed by atoms with Crippen LogP contribution in [0.1, 0.15) is 11.3 Å². The third-order valence-electron chi connectivity index (χ3n) is 2.43. The highest BCUT2D eigenvalue weighted by atomic mass is 35.5. The fourth-order valence-corrected chi connectivity index (χ4v) is 2.38. The SMILES string of the molecule is Cc1c(CS(=O)(=O)O)noc1-c1cccc(Cl)c1. The number of benzene rings is 1. The quantitative estimate of drug-likeness (QED) is 0.878. The Balaban J connectivity index is 2.43. The van der Waals surface area contributed by atoms with Crippen molar-refractivity contribution < 1.29 is 17.5 Å². The second kappa shape index (κ2) is 4.72. The maximum absolute atomic E-state index is 10.8. The molecule has 0 fully saturated rings. The maximum atomic E-state index is 10.8. The molecule has 0 spiro atoms. The third kappa shape index (κ3) is 2.90. The number of halogens is 1. The minimum absolute atomic E-state index is 0.187. The Morgan fingerprint density at radius 3 is 2.78 bits per heavy atom. The van der Waals surface area contributed by atoms with Crippen molar-refractivity contribution in [3.63, 3.8) is 0 Å². The van der Waals surface area contributed by atoms with Crippen LogP contribution < -0.4 is 0 Å². The van der Waals surface area contributed by atoms with E-state index < -0.39 is 15.9 Å². The zero-order valence-corrected chi connectivity index (χ0v) is 11.0. The second-order valence-corrected chi connectivity index (χ2v) is 5.71. The fourth-order valence-electron chi connectivity index (χ4n) is 1.58. The van der Waals surface area contributed by atoms with E-state index in [4.69, 9.17) is 20.7 Å². The second-order valence-electron chi connectivity index (χ2n) is 3.82. The van der Waals surface area contributed by atoms with Crippen LogP contribution in [0, 0.1) is 6.92 Å². The zero-order valence-electron chi connectivity index (χ0n) is 9.42. The summed E-state index contributed by atoms with van der Waals surface area (Å²) in [5.41, 5.74) is 1.46. The lowest BCUT2D eigenvalue weighted by atomic mass is 10.1. The first-order chi connectivity index (χ1) is 8.37. The molecule has 5 nitrogen and oxygen atoms in total. The average molecular weight is 288 g/mol. The summed E-state index contributed by atoms with van der Waals surface area (Å²) in [6.45, 7) is 1.67. The van der Waals surface area contributed by atoms with Gasteiger partial charge in [-0.3, -0.25) is 4.55 Å². The lowest BCUT2D eigenvalue weighted by molar-refractivity contribution is 0.423. The van der Waals surface area contributed by atoms with E-state index in [0.717, 1.165) is 0 Å². The van der Waals surface area contributed by atoms with Crippen LogP contribution in [-0.4, -0.2) is 18.1 Å². The predicted octanol–water partition coefficient (Wildman–Crippen LogP) is 2.69. The van der Waals surface area contributed by atoms with Gasteiger partial charge >= 0.3 is 0 Å². The van der Waals surface area contributed by atoms with Crippen LogP contribution in [0.5, 0.6) is 0 Å². The summed E-state index contributed by atoms with van der Waals surface area (Å²) in [4.78, 5) is 0. The van der Waals surface area contributed by atoms with Crippen molar-refractivity contribution in [3.8, 4) is 11.3 Å². The number of aromatic nitrogens is 1. The molecule has 0 radical (unpaired) electrons. The summed E-state index contributed by atoms with van der Waals surface area (Å²) >= 11 is 5.86. The standard InChI is InChI=1S/C11H10ClNO4S/c1-7-10(6-18(14,15)16)13-17-11(7)8-3-2-4-9(12)5-8/h2-5H,6H2,1H3,(H,14,15,16). The molecule has 0 aliphatic rings. The summed E-state index contributed by atoms with van der Waals surface area (Å²) in [5.74, 6) is -0.126. The minimum Gasteiger partial charge on any atom is -0.356 e. The molecule has 1 N–H and O–H groups in total. The molecule has 0 saturated heterocycles. The highest BCUT2D eigenvalue weighted by Gasteiger charge is 2.18. The molecule has 1 aromatic carbocycles. The van der Waals surface area contributed by atoms with Crippen molar-refractivity contribution in [2.45, 2.75) is 12.7 Å². The van der Waals surface area contributed by atoms with Gasteiger partial charge in [0.1, 0.15) is 11.4 Å². The van der Waals surface area contributed by atoms with E-state index in [9.17, 15) is 8.42 Å². The summed E-state index contributed by atoms with van der Waals surface area (Å²) in [6.07, 6.45) is 0. The largest absolute Gasteiger partial charge is 0.356 e. The topological polar surface area (TPSA) is 80.4 Å². The van der Waals surface area contributed by atoms with Crippen LogP contribution in [0.15, 0.2) is 28.8 Å². The Morgan fingerprint density at radius 2 is 2.17 bits per heavy atom. The molecule has 0 bridgehead atoms. The van der Waals surface area contributed by atoms with E-state index in [2.05, 4.69) is 5.16 Å². The van der Waals surface area contributed by atoms with E-state index in [1.165, 1.54) is 0 Å². The first kappa shape index (κ1) is 13.1. The van der Waals surface area contributed by atoms with Gasteiger partial charge in [0.25, 0.3) is 10.1 Å². The van der Waals surface area contributed by atoms with Crippen molar-refractivity contribution in [2.24, 2.45) is 0 Å². The molecule has 2 rings (SSSR count). The number of hydrogen-bond donors (Lipinski definition) is 1. The number of nitrogens with zero attached hydrogens (tertiary/aromatic N) is 1. The molecule has 0 atom stereocenters. The predicted molar refractivity (Wildman–Crippen MR) is 66.9 cm³/mol. The maximum Gasteiger partial charge on any atom is 0.270 e. The lowest BCUT2D eigenvalue weighted by Gasteiger charge is -1.98. The molecule has 0 unspecified atom stereocenters. The van der Waals surface area contributed by atoms with Crippen LogP contribution in [0.25, 0.3) is 11.3 Å². The molecule has 96 valence electrons. The zero-order chi connectivity index (χ0) is 13.3. The lowest BCUT2D eigenvalue weighted by Crippen LogP contribution is -2.02. The molecule has 7 heteroatoms. The summed E-state index contributed by atoms with van der Waals surface area (Å²) in [7, 11) is -4.13. The molecule has 0 aliphatic heterocycles. The van der Waals surface area contributed by atoms with Gasteiger partial charge in [-0.15, -0.1) is 0 Å². The van der Waals surface area contributed by atoms with Gasteiger partial charge in [0.2, 0.25) is 0 Å². The van der Waals surface area contributed by atoms with E-state index in [-0.39, 0.29) is 5.69 Å². The minimum atomic E-state index is -4.13. The first-order valence-electron chi connectivity index (χ1n) is 5.03. The molecule has 0 aliphatic carbocycles. The summed E-state index contributed by atoms with van der Waals surface area (Å²) in [5, 5.41) is 4.19. The Morgan fingerprint density at radius 1 is 1.44 bits per heavy atom. The molecule has 18 heavy (non-hydrogen) atoms. The summed E-state index contributed by atoms with van der Waals surface area (Å²) in [6, 6.07) is 6.93. The normalized spacial score (nSPS) is 11.7. The van der Waals surface area contributed by atoms with Gasteiger partial charge in [-0.05, 0) is 19.1 Å². The monoisotopic (exact) mass is 287 g/mol. The van der Waals surface area contributed by atoms with Crippen LogP contribution in [-0.2, 0) is 15.9 Å². The Bertz CT molecular complexity index is 678. The van der Waals surface area contributed by atoms with Gasteiger partial charge in [0.15, 0.2) is 5.76 Å². The molecule has 0 saturated carbocycles. The fraction of sp³-hybridized carbons (Fsp3) is 0.182. The van der Waals surface area contributed by atoms with E-state index in [1.807, 2.05) is 0 Å². The summed E-state index contributed by atoms with van der Waals surface area (Å²) < 4.78 is 35.5. The molecular weight excluding hydrogens is 278 g/mol. The van der Waals surface area contributed by atoms with E-state index in [0.29, 0.717) is 21.9 Å². The highest BCUT2D eigenvalue weighted by Crippen LogP contribution is 2.28. The van der Waals surface area contributed by atoms with E-state index in [1.54, 1.807) is 31.2 Å². The Hall–Kier alpha value is -1.37. The van der Waals surface area contributed by atoms with Crippen LogP contribution in [0.3, 0.4) is 0 Å². The first-order valence-corrected chi connectivity index (χ1v) is 7.02. The Kier molecular flexibility index (Phi) is 3.43. The van der Waals surface area contributed by atoms with Gasteiger partial charge in [0, 0.05) is 16.1 Å². The highest BCUT2D eigenvalue weighted by molar-refractivity contribution is 7.85. The molecule has 2 aromatic rings. The van der Waals surface area contributed by atoms with Gasteiger partial charge in [-0.1, -0.05) is 28.9 Å². The Labute approximate surface area is 109 Å². The van der Waals surface area contributed by atoms with Gasteiger partial charge in [0.05, 0.1) is 0 Å². The van der Waals surface area contributed by atoms with Crippen LogP contribution in [0.4, 0.5) is 0 Å². The average Bonchev–Trinajstić information content (AvgIpc) is 2.58. The molecular formula is C11H10ClNO4S. The number of hydrogen-bond acceptors (Lipinski definition) is 4. The number of rotatable bonds is 3. The van der Waals surface area contributed by atoms with Crippen LogP contribution in [0.2, 0.25) is 5.02 Å². The van der Waals surface area contributed by atoms with Crippen molar-refractivity contribution in [3.05, 3.63) is 40.5 Å². The van der Waals surface area contributed by atoms with Crippen LogP contribution >= 0.6 is 11.6 Å². The molecule has 0 amide bonds. The van der Waals surface area contributed by atoms with Gasteiger partial charge in [-0.2, -0.15) is 8.42 Å². The van der Waals surface area contributed by atoms with Crippen molar-refractivity contribution >= 4 is 21.7 Å². The van der Waals surface area contributed by atoms with E-state index >= 15 is 0 Å². The van der Waals surface area contributed by atoms with Gasteiger partial charge in [-0.25, -0.2) is 0 Å². The van der Waals surface area contributed by atoms with Gasteiger partial charge < -0.3 is 4.52 Å². The smallest absolute Gasteiger partial charge is 0.270 e. The van der Waals surface area contributed by atoms with Crippen molar-refractivity contribution in [1.29, 1.82) is 0 Å². The molecule has 1 aromatic heterocycles. The third-order valence-corrected chi connectivity index (χ3v) is 3.30. The molecule has 1 heterocycles.